The number of nitrogens with one attached hydrogen (secondary N) is 1. The fourth-order valence-electron chi connectivity index (χ4n) is 5.17. The van der Waals surface area contributed by atoms with Crippen molar-refractivity contribution in [2.45, 2.75) is 74.8 Å². The summed E-state index contributed by atoms with van der Waals surface area (Å²) in [7, 11) is -4.19. The molecule has 1 atom stereocenters. The van der Waals surface area contributed by atoms with Crippen molar-refractivity contribution in [2.24, 2.45) is 5.92 Å². The van der Waals surface area contributed by atoms with Gasteiger partial charge in [0.2, 0.25) is 0 Å². The third kappa shape index (κ3) is 7.32. The minimum atomic E-state index is -4.19. The largest absolute Gasteiger partial charge is 0.476 e. The number of sulfonamides is 1. The average Bonchev–Trinajstić information content (AvgIpc) is 3.35. The van der Waals surface area contributed by atoms with E-state index in [1.165, 1.54) is 24.2 Å². The number of hydrogen-bond acceptors (Lipinski definition) is 7. The smallest absolute Gasteiger partial charge is 0.421 e. The standard InChI is InChI=1S/C30H37N3O6S2/c1-4-20(2)27-31-28(40-3)26(29(34)35)33(27)18-21-14-16-23(17-15-21)24-12-8-9-13-25(24)41(37,38)32-30(36)39-19-22-10-6-5-7-11-22/h8-9,12-17,20,22H,4-7,10-11,18-19H2,1-3H3,(H,32,36)(H,34,35). The van der Waals surface area contributed by atoms with Crippen LogP contribution in [0.3, 0.4) is 0 Å². The van der Waals surface area contributed by atoms with Crippen LogP contribution >= 0.6 is 11.8 Å². The zero-order chi connectivity index (χ0) is 29.6. The topological polar surface area (TPSA) is 128 Å². The van der Waals surface area contributed by atoms with Crippen LogP contribution in [-0.2, 0) is 21.3 Å². The Hall–Kier alpha value is -3.31. The molecule has 1 heterocycles. The highest BCUT2D eigenvalue weighted by molar-refractivity contribution is 7.98. The molecule has 2 N–H and O–H groups in total. The summed E-state index contributed by atoms with van der Waals surface area (Å²) in [5, 5.41) is 10.4. The highest BCUT2D eigenvalue weighted by atomic mass is 32.2. The van der Waals surface area contributed by atoms with Crippen LogP contribution in [0.2, 0.25) is 0 Å². The number of nitrogens with zero attached hydrogens (tertiary/aromatic N) is 2. The lowest BCUT2D eigenvalue weighted by Gasteiger charge is -2.21. The second-order valence-electron chi connectivity index (χ2n) is 10.4. The lowest BCUT2D eigenvalue weighted by molar-refractivity contribution is 0.0680. The number of rotatable bonds is 11. The van der Waals surface area contributed by atoms with Crippen molar-refractivity contribution in [3.63, 3.8) is 0 Å². The van der Waals surface area contributed by atoms with Gasteiger partial charge in [0, 0.05) is 18.0 Å². The van der Waals surface area contributed by atoms with Crippen molar-refractivity contribution >= 4 is 33.8 Å². The predicted molar refractivity (Wildman–Crippen MR) is 159 cm³/mol. The van der Waals surface area contributed by atoms with E-state index in [4.69, 9.17) is 4.74 Å². The van der Waals surface area contributed by atoms with Gasteiger partial charge in [0.15, 0.2) is 5.69 Å². The molecule has 4 rings (SSSR count). The fraction of sp³-hybridized carbons (Fsp3) is 0.433. The van der Waals surface area contributed by atoms with Crippen LogP contribution < -0.4 is 4.72 Å². The normalized spacial score (nSPS) is 14.9. The van der Waals surface area contributed by atoms with Gasteiger partial charge in [-0.25, -0.2) is 27.7 Å². The first-order valence-corrected chi connectivity index (χ1v) is 16.6. The molecule has 3 aromatic rings. The molecule has 1 fully saturated rings. The van der Waals surface area contributed by atoms with E-state index < -0.39 is 22.1 Å². The monoisotopic (exact) mass is 599 g/mol. The summed E-state index contributed by atoms with van der Waals surface area (Å²) in [5.41, 5.74) is 2.08. The molecule has 1 aliphatic rings. The molecule has 1 aliphatic carbocycles. The summed E-state index contributed by atoms with van der Waals surface area (Å²) < 4.78 is 35.4. The molecule has 41 heavy (non-hydrogen) atoms. The quantitative estimate of drug-likeness (QED) is 0.238. The summed E-state index contributed by atoms with van der Waals surface area (Å²) in [4.78, 5) is 29.1. The van der Waals surface area contributed by atoms with Crippen molar-refractivity contribution < 1.29 is 27.9 Å². The molecule has 0 spiro atoms. The van der Waals surface area contributed by atoms with E-state index in [-0.39, 0.29) is 29.0 Å². The fourth-order valence-corrected chi connectivity index (χ4v) is 6.87. The Bertz CT molecular complexity index is 1480. The molecule has 0 saturated heterocycles. The van der Waals surface area contributed by atoms with Gasteiger partial charge in [0.1, 0.15) is 10.9 Å². The summed E-state index contributed by atoms with van der Waals surface area (Å²) in [6.07, 6.45) is 6.99. The highest BCUT2D eigenvalue weighted by Crippen LogP contribution is 2.30. The molecule has 9 nitrogen and oxygen atoms in total. The van der Waals surface area contributed by atoms with Gasteiger partial charge in [-0.2, -0.15) is 0 Å². The SMILES string of the molecule is CCC(C)c1nc(SC)c(C(=O)O)n1Cc1ccc(-c2ccccc2S(=O)(=O)NC(=O)OCC2CCCCC2)cc1. The Morgan fingerprint density at radius 1 is 1.12 bits per heavy atom. The molecule has 2 aromatic carbocycles. The molecular weight excluding hydrogens is 562 g/mol. The van der Waals surface area contributed by atoms with E-state index in [9.17, 15) is 23.1 Å². The maximum absolute atomic E-state index is 13.2. The lowest BCUT2D eigenvalue weighted by Crippen LogP contribution is -2.32. The zero-order valence-electron chi connectivity index (χ0n) is 23.6. The molecule has 0 radical (unpaired) electrons. The number of amides is 1. The van der Waals surface area contributed by atoms with E-state index in [1.807, 2.05) is 32.2 Å². The molecule has 1 saturated carbocycles. The van der Waals surface area contributed by atoms with Gasteiger partial charge in [-0.15, -0.1) is 11.8 Å². The molecule has 0 aliphatic heterocycles. The maximum Gasteiger partial charge on any atom is 0.421 e. The first-order chi connectivity index (χ1) is 19.6. The molecule has 220 valence electrons. The number of carbonyl (C=O) groups excluding carboxylic acids is 1. The molecular formula is C30H37N3O6S2. The number of thioether (sulfide) groups is 1. The molecule has 1 unspecified atom stereocenters. The first-order valence-electron chi connectivity index (χ1n) is 13.9. The highest BCUT2D eigenvalue weighted by Gasteiger charge is 2.26. The van der Waals surface area contributed by atoms with E-state index in [1.54, 1.807) is 34.9 Å². The number of aromatic nitrogens is 2. The van der Waals surface area contributed by atoms with Crippen LogP contribution in [0.4, 0.5) is 4.79 Å². The maximum atomic E-state index is 13.2. The number of carbonyl (C=O) groups is 2. The second-order valence-corrected chi connectivity index (χ2v) is 12.9. The van der Waals surface area contributed by atoms with Crippen LogP contribution in [0, 0.1) is 5.92 Å². The number of hydrogen-bond donors (Lipinski definition) is 2. The Labute approximate surface area is 245 Å². The van der Waals surface area contributed by atoms with Gasteiger partial charge in [0.25, 0.3) is 10.0 Å². The number of benzene rings is 2. The van der Waals surface area contributed by atoms with Gasteiger partial charge in [-0.3, -0.25) is 0 Å². The summed E-state index contributed by atoms with van der Waals surface area (Å²) in [5.74, 6) is 0.0332. The van der Waals surface area contributed by atoms with E-state index >= 15 is 0 Å². The Morgan fingerprint density at radius 3 is 2.44 bits per heavy atom. The molecule has 0 bridgehead atoms. The third-order valence-corrected chi connectivity index (χ3v) is 9.63. The van der Waals surface area contributed by atoms with E-state index in [2.05, 4.69) is 9.71 Å². The van der Waals surface area contributed by atoms with Crippen molar-refractivity contribution in [3.05, 3.63) is 65.6 Å². The van der Waals surface area contributed by atoms with Gasteiger partial charge in [-0.05, 0) is 48.6 Å². The van der Waals surface area contributed by atoms with Gasteiger partial charge < -0.3 is 14.4 Å². The Kier molecular flexibility index (Phi) is 10.1. The number of imidazole rings is 1. The predicted octanol–water partition coefficient (Wildman–Crippen LogP) is 6.53. The Morgan fingerprint density at radius 2 is 1.80 bits per heavy atom. The summed E-state index contributed by atoms with van der Waals surface area (Å²) >= 11 is 1.31. The zero-order valence-corrected chi connectivity index (χ0v) is 25.3. The van der Waals surface area contributed by atoms with Crippen LogP contribution in [-0.4, -0.2) is 48.0 Å². The summed E-state index contributed by atoms with van der Waals surface area (Å²) in [6.45, 7) is 4.58. The average molecular weight is 600 g/mol. The van der Waals surface area contributed by atoms with Crippen molar-refractivity contribution in [1.82, 2.24) is 14.3 Å². The third-order valence-electron chi connectivity index (χ3n) is 7.59. The number of carboxylic acid groups (broad SMARTS) is 1. The molecule has 1 amide bonds. The van der Waals surface area contributed by atoms with Crippen LogP contribution in [0.15, 0.2) is 58.5 Å². The number of carboxylic acids is 1. The minimum Gasteiger partial charge on any atom is -0.476 e. The van der Waals surface area contributed by atoms with Gasteiger partial charge in [-0.1, -0.05) is 75.6 Å². The summed E-state index contributed by atoms with van der Waals surface area (Å²) in [6, 6.07) is 13.7. The van der Waals surface area contributed by atoms with E-state index in [0.29, 0.717) is 22.7 Å². The molecule has 1 aromatic heterocycles. The molecule has 11 heteroatoms. The van der Waals surface area contributed by atoms with Crippen LogP contribution in [0.1, 0.15) is 80.2 Å². The lowest BCUT2D eigenvalue weighted by atomic mass is 9.90. The van der Waals surface area contributed by atoms with Crippen LogP contribution in [0.5, 0.6) is 0 Å². The second kappa shape index (κ2) is 13.6. The first kappa shape index (κ1) is 30.6. The van der Waals surface area contributed by atoms with Crippen LogP contribution in [0.25, 0.3) is 11.1 Å². The van der Waals surface area contributed by atoms with Crippen molar-refractivity contribution in [1.29, 1.82) is 0 Å². The van der Waals surface area contributed by atoms with Gasteiger partial charge >= 0.3 is 12.1 Å². The number of aromatic carboxylic acids is 1. The van der Waals surface area contributed by atoms with E-state index in [0.717, 1.165) is 43.5 Å². The number of ether oxygens (including phenoxy) is 1. The Balaban J connectivity index is 1.54. The minimum absolute atomic E-state index is 0.0335. The van der Waals surface area contributed by atoms with Gasteiger partial charge in [0.05, 0.1) is 11.5 Å². The van der Waals surface area contributed by atoms with Crippen molar-refractivity contribution in [3.8, 4) is 11.1 Å². The van der Waals surface area contributed by atoms with Crippen molar-refractivity contribution in [2.75, 3.05) is 12.9 Å².